The molecule has 0 bridgehead atoms. The zero-order valence-electron chi connectivity index (χ0n) is 11.2. The third-order valence-corrected chi connectivity index (χ3v) is 3.20. The Morgan fingerprint density at radius 1 is 1.42 bits per heavy atom. The monoisotopic (exact) mass is 263 g/mol. The minimum atomic E-state index is -0.334. The number of pyridine rings is 1. The molecular weight excluding hydrogens is 246 g/mol. The number of ether oxygens (including phenoxy) is 1. The molecule has 6 nitrogen and oxygen atoms in total. The number of aromatic nitrogens is 1. The highest BCUT2D eigenvalue weighted by Gasteiger charge is 2.34. The van der Waals surface area contributed by atoms with Crippen LogP contribution in [-0.4, -0.2) is 37.0 Å². The fraction of sp³-hybridized carbons (Fsp3) is 0.462. The number of hydrogen-bond donors (Lipinski definition) is 2. The van der Waals surface area contributed by atoms with Crippen molar-refractivity contribution in [2.45, 2.75) is 19.4 Å². The van der Waals surface area contributed by atoms with Crippen LogP contribution in [0, 0.1) is 5.92 Å². The Morgan fingerprint density at radius 3 is 2.63 bits per heavy atom. The molecule has 1 heterocycles. The second-order valence-corrected chi connectivity index (χ2v) is 4.65. The second kappa shape index (κ2) is 5.26. The van der Waals surface area contributed by atoms with Crippen LogP contribution in [0.1, 0.15) is 34.1 Å². The van der Waals surface area contributed by atoms with E-state index in [2.05, 4.69) is 22.5 Å². The summed E-state index contributed by atoms with van der Waals surface area (Å²) < 4.78 is 5.01. The maximum atomic E-state index is 12.0. The van der Waals surface area contributed by atoms with Gasteiger partial charge in [0.15, 0.2) is 0 Å². The predicted molar refractivity (Wildman–Crippen MR) is 69.2 cm³/mol. The molecule has 0 spiro atoms. The molecule has 2 amide bonds. The standard InChI is InChI=1S/C13H17N3O3/c1-7-4-10(7)16-11(17)8-5-9(12(18)14-2)13(19-3)15-6-8/h5-7,10H,4H2,1-3H3,(H,14,18)(H,16,17)/t7?,10-/m1/s1. The number of amides is 2. The number of carbonyl (C=O) groups excluding carboxylic acids is 2. The first kappa shape index (κ1) is 13.3. The number of carbonyl (C=O) groups is 2. The van der Waals surface area contributed by atoms with Crippen molar-refractivity contribution in [2.24, 2.45) is 5.92 Å². The van der Waals surface area contributed by atoms with Gasteiger partial charge in [-0.3, -0.25) is 9.59 Å². The summed E-state index contributed by atoms with van der Waals surface area (Å²) in [6, 6.07) is 1.73. The molecule has 0 radical (unpaired) electrons. The molecule has 2 atom stereocenters. The molecule has 1 saturated carbocycles. The third kappa shape index (κ3) is 2.83. The van der Waals surface area contributed by atoms with Crippen LogP contribution in [0.2, 0.25) is 0 Å². The number of rotatable bonds is 4. The van der Waals surface area contributed by atoms with Crippen molar-refractivity contribution in [3.8, 4) is 5.88 Å². The zero-order chi connectivity index (χ0) is 14.0. The average molecular weight is 263 g/mol. The van der Waals surface area contributed by atoms with E-state index < -0.39 is 0 Å². The highest BCUT2D eigenvalue weighted by Crippen LogP contribution is 2.29. The summed E-state index contributed by atoms with van der Waals surface area (Å²) in [5.41, 5.74) is 0.611. The molecule has 6 heteroatoms. The van der Waals surface area contributed by atoms with Crippen LogP contribution in [0.25, 0.3) is 0 Å². The van der Waals surface area contributed by atoms with Crippen molar-refractivity contribution in [2.75, 3.05) is 14.2 Å². The summed E-state index contributed by atoms with van der Waals surface area (Å²) in [6.45, 7) is 2.08. The van der Waals surface area contributed by atoms with Gasteiger partial charge in [0, 0.05) is 19.3 Å². The minimum Gasteiger partial charge on any atom is -0.480 e. The molecule has 1 aromatic heterocycles. The summed E-state index contributed by atoms with van der Waals surface area (Å²) in [7, 11) is 2.95. The molecule has 2 N–H and O–H groups in total. The van der Waals surface area contributed by atoms with E-state index >= 15 is 0 Å². The van der Waals surface area contributed by atoms with Crippen LogP contribution in [-0.2, 0) is 0 Å². The summed E-state index contributed by atoms with van der Waals surface area (Å²) in [5, 5.41) is 5.38. The SMILES string of the molecule is CNC(=O)c1cc(C(=O)N[C@@H]2CC2C)cnc1OC. The second-order valence-electron chi connectivity index (χ2n) is 4.65. The summed E-state index contributed by atoms with van der Waals surface area (Å²) >= 11 is 0. The van der Waals surface area contributed by atoms with E-state index in [1.54, 1.807) is 0 Å². The van der Waals surface area contributed by atoms with Gasteiger partial charge in [-0.15, -0.1) is 0 Å². The summed E-state index contributed by atoms with van der Waals surface area (Å²) in [5.74, 6) is 0.178. The normalized spacial score (nSPS) is 20.6. The summed E-state index contributed by atoms with van der Waals surface area (Å²) in [4.78, 5) is 27.7. The average Bonchev–Trinajstić information content (AvgIpc) is 3.12. The number of nitrogens with one attached hydrogen (secondary N) is 2. The van der Waals surface area contributed by atoms with Gasteiger partial charge in [-0.1, -0.05) is 6.92 Å². The molecule has 1 aromatic rings. The van der Waals surface area contributed by atoms with E-state index in [1.165, 1.54) is 26.4 Å². The molecular formula is C13H17N3O3. The number of methoxy groups -OCH3 is 1. The molecule has 1 fully saturated rings. The first-order valence-electron chi connectivity index (χ1n) is 6.13. The van der Waals surface area contributed by atoms with Crippen LogP contribution >= 0.6 is 0 Å². The van der Waals surface area contributed by atoms with Gasteiger partial charge in [-0.2, -0.15) is 0 Å². The highest BCUT2D eigenvalue weighted by atomic mass is 16.5. The van der Waals surface area contributed by atoms with Gasteiger partial charge < -0.3 is 15.4 Å². The van der Waals surface area contributed by atoms with E-state index in [4.69, 9.17) is 4.74 Å². The van der Waals surface area contributed by atoms with E-state index in [9.17, 15) is 9.59 Å². The number of nitrogens with zero attached hydrogens (tertiary/aromatic N) is 1. The molecule has 1 aliphatic carbocycles. The van der Waals surface area contributed by atoms with Crippen LogP contribution < -0.4 is 15.4 Å². The molecule has 0 saturated heterocycles. The van der Waals surface area contributed by atoms with Crippen LogP contribution in [0.5, 0.6) is 5.88 Å². The van der Waals surface area contributed by atoms with Crippen LogP contribution in [0.15, 0.2) is 12.3 Å². The lowest BCUT2D eigenvalue weighted by molar-refractivity contribution is 0.0949. The minimum absolute atomic E-state index is 0.204. The lowest BCUT2D eigenvalue weighted by Crippen LogP contribution is -2.27. The molecule has 19 heavy (non-hydrogen) atoms. The Balaban J connectivity index is 2.21. The fourth-order valence-corrected chi connectivity index (χ4v) is 1.81. The maximum Gasteiger partial charge on any atom is 0.256 e. The Labute approximate surface area is 111 Å². The van der Waals surface area contributed by atoms with Gasteiger partial charge in [0.25, 0.3) is 11.8 Å². The lowest BCUT2D eigenvalue weighted by Gasteiger charge is -2.09. The van der Waals surface area contributed by atoms with Crippen molar-refractivity contribution in [1.82, 2.24) is 15.6 Å². The van der Waals surface area contributed by atoms with E-state index in [1.807, 2.05) is 0 Å². The largest absolute Gasteiger partial charge is 0.480 e. The first-order valence-corrected chi connectivity index (χ1v) is 6.13. The predicted octanol–water partition coefficient (Wildman–Crippen LogP) is 0.588. The Morgan fingerprint density at radius 2 is 2.11 bits per heavy atom. The molecule has 2 rings (SSSR count). The van der Waals surface area contributed by atoms with E-state index in [-0.39, 0.29) is 29.3 Å². The molecule has 1 unspecified atom stereocenters. The van der Waals surface area contributed by atoms with Crippen molar-refractivity contribution in [3.63, 3.8) is 0 Å². The van der Waals surface area contributed by atoms with Gasteiger partial charge >= 0.3 is 0 Å². The van der Waals surface area contributed by atoms with Gasteiger partial charge in [-0.25, -0.2) is 4.98 Å². The van der Waals surface area contributed by atoms with Gasteiger partial charge in [0.05, 0.1) is 12.7 Å². The summed E-state index contributed by atoms with van der Waals surface area (Å²) in [6.07, 6.45) is 2.41. The highest BCUT2D eigenvalue weighted by molar-refractivity contribution is 6.00. The smallest absolute Gasteiger partial charge is 0.256 e. The van der Waals surface area contributed by atoms with Crippen molar-refractivity contribution in [3.05, 3.63) is 23.4 Å². The molecule has 0 aliphatic heterocycles. The first-order chi connectivity index (χ1) is 9.06. The van der Waals surface area contributed by atoms with Crippen molar-refractivity contribution < 1.29 is 14.3 Å². The van der Waals surface area contributed by atoms with E-state index in [0.29, 0.717) is 11.5 Å². The van der Waals surface area contributed by atoms with Gasteiger partial charge in [-0.05, 0) is 18.4 Å². The maximum absolute atomic E-state index is 12.0. The molecule has 1 aliphatic rings. The van der Waals surface area contributed by atoms with E-state index in [0.717, 1.165) is 6.42 Å². The lowest BCUT2D eigenvalue weighted by atomic mass is 10.1. The molecule has 0 aromatic carbocycles. The quantitative estimate of drug-likeness (QED) is 0.833. The topological polar surface area (TPSA) is 80.3 Å². The Hall–Kier alpha value is -2.11. The Bertz CT molecular complexity index is 516. The van der Waals surface area contributed by atoms with Crippen molar-refractivity contribution in [1.29, 1.82) is 0 Å². The van der Waals surface area contributed by atoms with Crippen LogP contribution in [0.3, 0.4) is 0 Å². The van der Waals surface area contributed by atoms with Crippen molar-refractivity contribution >= 4 is 11.8 Å². The third-order valence-electron chi connectivity index (χ3n) is 3.20. The fourth-order valence-electron chi connectivity index (χ4n) is 1.81. The van der Waals surface area contributed by atoms with Crippen LogP contribution in [0.4, 0.5) is 0 Å². The Kier molecular flexibility index (Phi) is 3.69. The van der Waals surface area contributed by atoms with Gasteiger partial charge in [0.1, 0.15) is 5.56 Å². The number of hydrogen-bond acceptors (Lipinski definition) is 4. The molecule has 102 valence electrons. The van der Waals surface area contributed by atoms with Gasteiger partial charge in [0.2, 0.25) is 5.88 Å². The zero-order valence-corrected chi connectivity index (χ0v) is 11.2.